The van der Waals surface area contributed by atoms with E-state index in [2.05, 4.69) is 74.5 Å². The van der Waals surface area contributed by atoms with Crippen LogP contribution in [0, 0.1) is 5.92 Å². The number of amides is 1. The largest absolute Gasteiger partial charge is 0.466 e. The standard InChI is InChI=1S/C47H82N2O7/c1-5-8-11-14-17-20-23-26-39-54-43(50)29-34-47(48-46(53)42-32-37-49(4)38-33-42,35-30-44(51)55-40-27-24-21-18-15-12-9-6-2)36-31-45(52)56-41-28-25-22-19-16-13-10-7-3/h17-22,42H,5-16,23-41H2,1-4H3,(H,48,53)/b20-17-,21-18-,22-19-. The highest BCUT2D eigenvalue weighted by atomic mass is 16.5. The number of hydrogen-bond donors (Lipinski definition) is 1. The number of carbonyl (C=O) groups is 4. The van der Waals surface area contributed by atoms with Crippen molar-refractivity contribution in [1.29, 1.82) is 0 Å². The average Bonchev–Trinajstić information content (AvgIpc) is 3.19. The molecule has 9 heteroatoms. The van der Waals surface area contributed by atoms with E-state index in [9.17, 15) is 19.2 Å². The van der Waals surface area contributed by atoms with E-state index in [1.54, 1.807) is 0 Å². The van der Waals surface area contributed by atoms with Gasteiger partial charge in [0.15, 0.2) is 0 Å². The molecule has 0 aromatic rings. The van der Waals surface area contributed by atoms with Crippen molar-refractivity contribution in [1.82, 2.24) is 10.2 Å². The van der Waals surface area contributed by atoms with Crippen molar-refractivity contribution in [3.8, 4) is 0 Å². The van der Waals surface area contributed by atoms with Crippen molar-refractivity contribution >= 4 is 23.8 Å². The molecular formula is C47H82N2O7. The van der Waals surface area contributed by atoms with Crippen LogP contribution >= 0.6 is 0 Å². The van der Waals surface area contributed by atoms with Gasteiger partial charge in [0.25, 0.3) is 0 Å². The van der Waals surface area contributed by atoms with Gasteiger partial charge in [-0.25, -0.2) is 0 Å². The van der Waals surface area contributed by atoms with E-state index in [-0.39, 0.29) is 68.3 Å². The minimum absolute atomic E-state index is 0.0693. The number of unbranched alkanes of at least 4 members (excludes halogenated alkanes) is 12. The number of nitrogens with zero attached hydrogens (tertiary/aromatic N) is 1. The van der Waals surface area contributed by atoms with Gasteiger partial charge in [-0.05, 0) is 129 Å². The van der Waals surface area contributed by atoms with Crippen molar-refractivity contribution in [2.45, 2.75) is 193 Å². The molecule has 1 aliphatic heterocycles. The van der Waals surface area contributed by atoms with Crippen LogP contribution in [-0.4, -0.2) is 74.2 Å². The fourth-order valence-corrected chi connectivity index (χ4v) is 6.84. The molecule has 0 aromatic heterocycles. The molecule has 0 bridgehead atoms. The van der Waals surface area contributed by atoms with Gasteiger partial charge in [-0.3, -0.25) is 19.2 Å². The van der Waals surface area contributed by atoms with Crippen molar-refractivity contribution in [3.63, 3.8) is 0 Å². The molecule has 0 aliphatic carbocycles. The van der Waals surface area contributed by atoms with E-state index in [0.717, 1.165) is 83.7 Å². The molecule has 0 radical (unpaired) electrons. The maximum Gasteiger partial charge on any atom is 0.305 e. The van der Waals surface area contributed by atoms with Gasteiger partial charge in [0.1, 0.15) is 0 Å². The van der Waals surface area contributed by atoms with Gasteiger partial charge in [0, 0.05) is 30.7 Å². The van der Waals surface area contributed by atoms with Crippen LogP contribution in [0.4, 0.5) is 0 Å². The molecule has 0 atom stereocenters. The number of ether oxygens (including phenoxy) is 3. The second-order valence-electron chi connectivity index (χ2n) is 15.8. The Bertz CT molecular complexity index is 1000. The molecule has 1 N–H and O–H groups in total. The van der Waals surface area contributed by atoms with Gasteiger partial charge in [-0.15, -0.1) is 0 Å². The molecule has 0 spiro atoms. The Morgan fingerprint density at radius 1 is 0.536 bits per heavy atom. The highest BCUT2D eigenvalue weighted by Gasteiger charge is 2.36. The van der Waals surface area contributed by atoms with Gasteiger partial charge in [0.2, 0.25) is 5.91 Å². The van der Waals surface area contributed by atoms with Crippen LogP contribution in [0.2, 0.25) is 0 Å². The monoisotopic (exact) mass is 787 g/mol. The molecule has 1 amide bonds. The highest BCUT2D eigenvalue weighted by molar-refractivity contribution is 5.80. The van der Waals surface area contributed by atoms with Gasteiger partial charge >= 0.3 is 17.9 Å². The van der Waals surface area contributed by atoms with E-state index in [0.29, 0.717) is 19.8 Å². The molecule has 0 unspecified atom stereocenters. The Labute approximate surface area is 342 Å². The maximum absolute atomic E-state index is 13.8. The van der Waals surface area contributed by atoms with E-state index < -0.39 is 5.54 Å². The van der Waals surface area contributed by atoms with E-state index in [1.165, 1.54) is 57.8 Å². The fraction of sp³-hybridized carbons (Fsp3) is 0.787. The Morgan fingerprint density at radius 3 is 1.18 bits per heavy atom. The number of esters is 3. The molecule has 9 nitrogen and oxygen atoms in total. The molecule has 1 saturated heterocycles. The Kier molecular flexibility index (Phi) is 32.1. The summed E-state index contributed by atoms with van der Waals surface area (Å²) in [5.41, 5.74) is -0.971. The van der Waals surface area contributed by atoms with Crippen LogP contribution in [0.3, 0.4) is 0 Å². The maximum atomic E-state index is 13.8. The van der Waals surface area contributed by atoms with Gasteiger partial charge in [-0.2, -0.15) is 0 Å². The average molecular weight is 787 g/mol. The quantitative estimate of drug-likeness (QED) is 0.0293. The zero-order valence-corrected chi connectivity index (χ0v) is 36.3. The summed E-state index contributed by atoms with van der Waals surface area (Å²) in [5, 5.41) is 3.29. The van der Waals surface area contributed by atoms with Crippen LogP contribution in [-0.2, 0) is 33.4 Å². The lowest BCUT2D eigenvalue weighted by molar-refractivity contribution is -0.145. The van der Waals surface area contributed by atoms with Gasteiger partial charge in [0.05, 0.1) is 19.8 Å². The van der Waals surface area contributed by atoms with E-state index in [4.69, 9.17) is 14.2 Å². The zero-order chi connectivity index (χ0) is 41.0. The molecule has 322 valence electrons. The summed E-state index contributed by atoms with van der Waals surface area (Å²) >= 11 is 0. The highest BCUT2D eigenvalue weighted by Crippen LogP contribution is 2.29. The van der Waals surface area contributed by atoms with Crippen LogP contribution in [0.5, 0.6) is 0 Å². The predicted molar refractivity (Wildman–Crippen MR) is 229 cm³/mol. The lowest BCUT2D eigenvalue weighted by Gasteiger charge is -2.37. The third-order valence-corrected chi connectivity index (χ3v) is 10.7. The number of allylic oxidation sites excluding steroid dienone is 6. The van der Waals surface area contributed by atoms with Gasteiger partial charge < -0.3 is 24.4 Å². The number of hydrogen-bond acceptors (Lipinski definition) is 8. The van der Waals surface area contributed by atoms with Crippen LogP contribution in [0.25, 0.3) is 0 Å². The zero-order valence-electron chi connectivity index (χ0n) is 36.3. The third kappa shape index (κ3) is 28.5. The van der Waals surface area contributed by atoms with E-state index in [1.807, 2.05) is 0 Å². The molecule has 1 rings (SSSR count). The molecular weight excluding hydrogens is 705 g/mol. The number of carbonyl (C=O) groups excluding carboxylic acids is 4. The molecule has 1 fully saturated rings. The summed E-state index contributed by atoms with van der Waals surface area (Å²) in [5.74, 6) is -1.28. The number of rotatable bonds is 35. The fourth-order valence-electron chi connectivity index (χ4n) is 6.84. The molecule has 56 heavy (non-hydrogen) atoms. The predicted octanol–water partition coefficient (Wildman–Crippen LogP) is 10.9. The van der Waals surface area contributed by atoms with Crippen molar-refractivity contribution in [3.05, 3.63) is 36.5 Å². The van der Waals surface area contributed by atoms with Gasteiger partial charge in [-0.1, -0.05) is 95.8 Å². The molecule has 0 saturated carbocycles. The second kappa shape index (κ2) is 35.2. The SMILES string of the molecule is CCCCC/C=C\CCCOC(=O)CCC(CCC(=O)OCCC/C=C\CCCCC)(CCC(=O)OCCC/C=C\CCCCC)NC(=O)C1CCN(C)CC1. The van der Waals surface area contributed by atoms with Crippen LogP contribution in [0.1, 0.15) is 188 Å². The summed E-state index contributed by atoms with van der Waals surface area (Å²) in [4.78, 5) is 55.2. The number of likely N-dealkylation sites (tertiary alicyclic amines) is 1. The summed E-state index contributed by atoms with van der Waals surface area (Å²) < 4.78 is 16.8. The first-order valence-corrected chi connectivity index (χ1v) is 22.7. The van der Waals surface area contributed by atoms with Crippen LogP contribution in [0.15, 0.2) is 36.5 Å². The second-order valence-corrected chi connectivity index (χ2v) is 15.8. The first kappa shape index (κ1) is 51.1. The number of piperidine rings is 1. The minimum atomic E-state index is -0.971. The van der Waals surface area contributed by atoms with Crippen LogP contribution < -0.4 is 5.32 Å². The number of nitrogens with one attached hydrogen (secondary N) is 1. The van der Waals surface area contributed by atoms with Crippen molar-refractivity contribution in [2.24, 2.45) is 5.92 Å². The third-order valence-electron chi connectivity index (χ3n) is 10.7. The normalized spacial score (nSPS) is 14.2. The van der Waals surface area contributed by atoms with E-state index >= 15 is 0 Å². The first-order chi connectivity index (χ1) is 27.2. The minimum Gasteiger partial charge on any atom is -0.466 e. The topological polar surface area (TPSA) is 111 Å². The molecule has 1 heterocycles. The lowest BCUT2D eigenvalue weighted by atomic mass is 9.82. The lowest BCUT2D eigenvalue weighted by Crippen LogP contribution is -2.52. The summed E-state index contributed by atoms with van der Waals surface area (Å²) in [6.45, 7) is 9.22. The summed E-state index contributed by atoms with van der Waals surface area (Å²) in [7, 11) is 2.05. The molecule has 0 aromatic carbocycles. The summed E-state index contributed by atoms with van der Waals surface area (Å²) in [6, 6.07) is 0. The first-order valence-electron chi connectivity index (χ1n) is 22.7. The Balaban J connectivity index is 2.92. The summed E-state index contributed by atoms with van der Waals surface area (Å²) in [6.07, 6.45) is 34.4. The van der Waals surface area contributed by atoms with Crippen molar-refractivity contribution < 1.29 is 33.4 Å². The molecule has 1 aliphatic rings. The smallest absolute Gasteiger partial charge is 0.305 e. The Morgan fingerprint density at radius 2 is 0.857 bits per heavy atom. The Hall–Kier alpha value is -2.94. The van der Waals surface area contributed by atoms with Crippen molar-refractivity contribution in [2.75, 3.05) is 40.0 Å².